The third-order valence-corrected chi connectivity index (χ3v) is 5.79. The Morgan fingerprint density at radius 2 is 1.86 bits per heavy atom. The third-order valence-electron chi connectivity index (χ3n) is 3.66. The van der Waals surface area contributed by atoms with Crippen LogP contribution in [0.25, 0.3) is 16.9 Å². The smallest absolute Gasteiger partial charge is 0.229 e. The van der Waals surface area contributed by atoms with Crippen LogP contribution in [0.3, 0.4) is 0 Å². The fourth-order valence-electron chi connectivity index (χ4n) is 2.35. The highest BCUT2D eigenvalue weighted by molar-refractivity contribution is 8.00. The lowest BCUT2D eigenvalue weighted by Crippen LogP contribution is -2.07. The quantitative estimate of drug-likeness (QED) is 0.413. The molecule has 0 aliphatic carbocycles. The molecule has 0 radical (unpaired) electrons. The van der Waals surface area contributed by atoms with Crippen LogP contribution in [0.1, 0.15) is 5.56 Å². The van der Waals surface area contributed by atoms with Gasteiger partial charge in [-0.2, -0.15) is 17.9 Å². The molecule has 0 aliphatic heterocycles. The lowest BCUT2D eigenvalue weighted by molar-refractivity contribution is -0.137. The van der Waals surface area contributed by atoms with Gasteiger partial charge < -0.3 is 0 Å². The minimum absolute atomic E-state index is 0.219. The molecule has 0 N–H and O–H groups in total. The van der Waals surface area contributed by atoms with Crippen molar-refractivity contribution in [3.8, 4) is 16.9 Å². The van der Waals surface area contributed by atoms with E-state index in [1.165, 1.54) is 39.9 Å². The zero-order chi connectivity index (χ0) is 19.7. The van der Waals surface area contributed by atoms with Crippen LogP contribution in [-0.4, -0.2) is 25.2 Å². The SMILES string of the molecule is FC(F)(F)c1cccc(-n2nnnc2Sc2nc(-c3ccc(Cl)cc3)cs2)c1. The van der Waals surface area contributed by atoms with Crippen LogP contribution < -0.4 is 0 Å². The number of benzene rings is 2. The van der Waals surface area contributed by atoms with E-state index in [1.54, 1.807) is 12.1 Å². The fourth-order valence-corrected chi connectivity index (χ4v) is 4.20. The Kier molecular flexibility index (Phi) is 5.09. The number of tetrazole rings is 1. The number of thiazole rings is 1. The molecule has 5 nitrogen and oxygen atoms in total. The molecule has 4 rings (SSSR count). The normalized spacial score (nSPS) is 11.7. The van der Waals surface area contributed by atoms with Gasteiger partial charge in [0.15, 0.2) is 4.34 Å². The average molecular weight is 440 g/mol. The van der Waals surface area contributed by atoms with Gasteiger partial charge in [-0.1, -0.05) is 29.8 Å². The lowest BCUT2D eigenvalue weighted by atomic mass is 10.2. The fraction of sp³-hybridized carbons (Fsp3) is 0.0588. The van der Waals surface area contributed by atoms with Crippen LogP contribution in [0.5, 0.6) is 0 Å². The van der Waals surface area contributed by atoms with Crippen LogP contribution in [0.15, 0.2) is 63.4 Å². The first kappa shape index (κ1) is 18.9. The van der Waals surface area contributed by atoms with Crippen LogP contribution in [-0.2, 0) is 6.18 Å². The van der Waals surface area contributed by atoms with Gasteiger partial charge in [0.05, 0.1) is 16.9 Å². The second kappa shape index (κ2) is 7.53. The molecule has 0 saturated heterocycles. The second-order valence-corrected chi connectivity index (χ2v) is 8.04. The van der Waals surface area contributed by atoms with Gasteiger partial charge in [0, 0.05) is 16.0 Å². The van der Waals surface area contributed by atoms with Crippen molar-refractivity contribution in [3.63, 3.8) is 0 Å². The first-order valence-corrected chi connectivity index (χ1v) is 9.83. The monoisotopic (exact) mass is 439 g/mol. The van der Waals surface area contributed by atoms with Crippen LogP contribution in [0, 0.1) is 0 Å². The summed E-state index contributed by atoms with van der Waals surface area (Å²) in [6.07, 6.45) is -4.44. The Hall–Kier alpha value is -2.43. The molecule has 142 valence electrons. The summed E-state index contributed by atoms with van der Waals surface area (Å²) in [4.78, 5) is 4.53. The van der Waals surface area contributed by atoms with Gasteiger partial charge in [-0.15, -0.1) is 16.4 Å². The van der Waals surface area contributed by atoms with Gasteiger partial charge in [-0.05, 0) is 52.5 Å². The van der Waals surface area contributed by atoms with Crippen molar-refractivity contribution in [2.24, 2.45) is 0 Å². The zero-order valence-electron chi connectivity index (χ0n) is 13.8. The molecule has 2 heterocycles. The topological polar surface area (TPSA) is 56.5 Å². The van der Waals surface area contributed by atoms with E-state index >= 15 is 0 Å². The first-order chi connectivity index (χ1) is 13.4. The Balaban J connectivity index is 1.60. The number of nitrogens with zero attached hydrogens (tertiary/aromatic N) is 5. The largest absolute Gasteiger partial charge is 0.416 e. The van der Waals surface area contributed by atoms with Gasteiger partial charge >= 0.3 is 6.18 Å². The molecule has 0 spiro atoms. The molecule has 0 fully saturated rings. The van der Waals surface area contributed by atoms with Gasteiger partial charge in [-0.3, -0.25) is 0 Å². The number of halogens is 4. The third kappa shape index (κ3) is 4.03. The van der Waals surface area contributed by atoms with Crippen molar-refractivity contribution in [3.05, 3.63) is 64.5 Å². The molecule has 2 aromatic heterocycles. The zero-order valence-corrected chi connectivity index (χ0v) is 16.1. The molecule has 11 heteroatoms. The van der Waals surface area contributed by atoms with E-state index in [4.69, 9.17) is 11.6 Å². The van der Waals surface area contributed by atoms with E-state index < -0.39 is 11.7 Å². The van der Waals surface area contributed by atoms with E-state index in [9.17, 15) is 13.2 Å². The van der Waals surface area contributed by atoms with E-state index in [0.29, 0.717) is 14.5 Å². The summed E-state index contributed by atoms with van der Waals surface area (Å²) in [5.74, 6) is 0. The van der Waals surface area contributed by atoms with E-state index in [2.05, 4.69) is 20.5 Å². The number of alkyl halides is 3. The van der Waals surface area contributed by atoms with E-state index in [-0.39, 0.29) is 5.69 Å². The molecular formula is C17H9ClF3N5S2. The van der Waals surface area contributed by atoms with Crippen LogP contribution in [0.2, 0.25) is 5.02 Å². The minimum atomic E-state index is -4.44. The molecule has 0 amide bonds. The summed E-state index contributed by atoms with van der Waals surface area (Å²) in [7, 11) is 0. The highest BCUT2D eigenvalue weighted by Gasteiger charge is 2.30. The maximum Gasteiger partial charge on any atom is 0.416 e. The van der Waals surface area contributed by atoms with Gasteiger partial charge in [-0.25, -0.2) is 4.98 Å². The molecule has 0 aliphatic rings. The first-order valence-electron chi connectivity index (χ1n) is 7.75. The number of hydrogen-bond donors (Lipinski definition) is 0. The predicted molar refractivity (Wildman–Crippen MR) is 101 cm³/mol. The summed E-state index contributed by atoms with van der Waals surface area (Å²) in [6.45, 7) is 0. The van der Waals surface area contributed by atoms with Crippen molar-refractivity contribution in [1.82, 2.24) is 25.2 Å². The van der Waals surface area contributed by atoms with Crippen molar-refractivity contribution >= 4 is 34.7 Å². The van der Waals surface area contributed by atoms with E-state index in [1.807, 2.05) is 17.5 Å². The molecular weight excluding hydrogens is 431 g/mol. The Morgan fingerprint density at radius 1 is 1.07 bits per heavy atom. The summed E-state index contributed by atoms with van der Waals surface area (Å²) >= 11 is 8.46. The Labute approximate surface area is 170 Å². The van der Waals surface area contributed by atoms with Crippen LogP contribution >= 0.6 is 34.7 Å². The predicted octanol–water partition coefficient (Wildman–Crippen LogP) is 5.61. The van der Waals surface area contributed by atoms with Crippen molar-refractivity contribution in [2.75, 3.05) is 0 Å². The van der Waals surface area contributed by atoms with Gasteiger partial charge in [0.1, 0.15) is 0 Å². The summed E-state index contributed by atoms with van der Waals surface area (Å²) < 4.78 is 40.8. The molecule has 2 aromatic carbocycles. The van der Waals surface area contributed by atoms with Crippen molar-refractivity contribution in [1.29, 1.82) is 0 Å². The number of aromatic nitrogens is 5. The highest BCUT2D eigenvalue weighted by Crippen LogP contribution is 2.34. The standard InChI is InChI=1S/C17H9ClF3N5S2/c18-12-6-4-10(5-7-12)14-9-27-16(22-14)28-15-23-24-25-26(15)13-3-1-2-11(8-13)17(19,20)21/h1-9H. The summed E-state index contributed by atoms with van der Waals surface area (Å²) in [6, 6.07) is 12.1. The van der Waals surface area contributed by atoms with E-state index in [0.717, 1.165) is 23.4 Å². The minimum Gasteiger partial charge on any atom is -0.229 e. The average Bonchev–Trinajstić information content (AvgIpc) is 3.32. The van der Waals surface area contributed by atoms with Gasteiger partial charge in [0.2, 0.25) is 5.16 Å². The maximum absolute atomic E-state index is 13.0. The highest BCUT2D eigenvalue weighted by atomic mass is 35.5. The molecule has 0 atom stereocenters. The molecule has 0 saturated carbocycles. The maximum atomic E-state index is 13.0. The van der Waals surface area contributed by atoms with Gasteiger partial charge in [0.25, 0.3) is 0 Å². The Bertz CT molecular complexity index is 1110. The molecule has 0 unspecified atom stereocenters. The van der Waals surface area contributed by atoms with Crippen molar-refractivity contribution < 1.29 is 13.2 Å². The van der Waals surface area contributed by atoms with Crippen LogP contribution in [0.4, 0.5) is 13.2 Å². The molecule has 4 aromatic rings. The Morgan fingerprint density at radius 3 is 2.61 bits per heavy atom. The molecule has 0 bridgehead atoms. The summed E-state index contributed by atoms with van der Waals surface area (Å²) in [5.41, 5.74) is 1.12. The molecule has 28 heavy (non-hydrogen) atoms. The number of rotatable bonds is 4. The second-order valence-electron chi connectivity index (χ2n) is 5.53. The summed E-state index contributed by atoms with van der Waals surface area (Å²) in [5, 5.41) is 14.1. The number of hydrogen-bond acceptors (Lipinski definition) is 6. The lowest BCUT2D eigenvalue weighted by Gasteiger charge is -2.08. The van der Waals surface area contributed by atoms with Crippen molar-refractivity contribution in [2.45, 2.75) is 15.7 Å².